The molecule has 2 atom stereocenters. The smallest absolute Gasteiger partial charge is 0.239 e. The normalized spacial score (nSPS) is 26.2. The van der Waals surface area contributed by atoms with Gasteiger partial charge in [0.15, 0.2) is 0 Å². The van der Waals surface area contributed by atoms with Crippen molar-refractivity contribution in [2.75, 3.05) is 37.6 Å². The highest BCUT2D eigenvalue weighted by atomic mass is 16.3. The quantitative estimate of drug-likeness (QED) is 0.826. The van der Waals surface area contributed by atoms with Gasteiger partial charge in [0.1, 0.15) is 0 Å². The van der Waals surface area contributed by atoms with Crippen LogP contribution in [0.3, 0.4) is 0 Å². The number of carbonyl (C=O) groups excluding carboxylic acids is 1. The summed E-state index contributed by atoms with van der Waals surface area (Å²) in [6.45, 7) is 5.86. The Morgan fingerprint density at radius 1 is 1.29 bits per heavy atom. The van der Waals surface area contributed by atoms with E-state index in [0.717, 1.165) is 26.2 Å². The van der Waals surface area contributed by atoms with Crippen LogP contribution in [0.1, 0.15) is 12.0 Å². The summed E-state index contributed by atoms with van der Waals surface area (Å²) in [5.41, 5.74) is 2.49. The fourth-order valence-electron chi connectivity index (χ4n) is 3.14. The molecular formula is C16H23N3O2. The maximum atomic E-state index is 12.4. The molecule has 0 aliphatic carbocycles. The van der Waals surface area contributed by atoms with Crippen LogP contribution < -0.4 is 10.2 Å². The molecule has 5 heteroatoms. The van der Waals surface area contributed by atoms with Gasteiger partial charge in [-0.3, -0.25) is 4.79 Å². The van der Waals surface area contributed by atoms with Crippen molar-refractivity contribution >= 4 is 11.6 Å². The van der Waals surface area contributed by atoms with Gasteiger partial charge in [-0.25, -0.2) is 0 Å². The average molecular weight is 289 g/mol. The first-order chi connectivity index (χ1) is 10.1. The summed E-state index contributed by atoms with van der Waals surface area (Å²) < 4.78 is 0. The van der Waals surface area contributed by atoms with Crippen LogP contribution in [0.5, 0.6) is 0 Å². The Hall–Kier alpha value is -1.59. The number of nitrogens with one attached hydrogen (secondary N) is 1. The summed E-state index contributed by atoms with van der Waals surface area (Å²) in [5.74, 6) is 0.135. The maximum absolute atomic E-state index is 12.4. The molecule has 0 spiro atoms. The Bertz CT molecular complexity index is 512. The number of amides is 1. The van der Waals surface area contributed by atoms with Crippen LogP contribution >= 0.6 is 0 Å². The molecule has 5 nitrogen and oxygen atoms in total. The van der Waals surface area contributed by atoms with Crippen LogP contribution in [0.2, 0.25) is 0 Å². The molecule has 0 aromatic heterocycles. The molecule has 1 amide bonds. The summed E-state index contributed by atoms with van der Waals surface area (Å²) in [6, 6.07) is 8.28. The number of hydrogen-bond acceptors (Lipinski definition) is 4. The highest BCUT2D eigenvalue weighted by Crippen LogP contribution is 2.19. The number of aliphatic hydroxyl groups is 1. The molecule has 0 saturated carbocycles. The van der Waals surface area contributed by atoms with Gasteiger partial charge >= 0.3 is 0 Å². The Morgan fingerprint density at radius 3 is 2.67 bits per heavy atom. The molecule has 0 radical (unpaired) electrons. The zero-order valence-corrected chi connectivity index (χ0v) is 12.5. The van der Waals surface area contributed by atoms with Gasteiger partial charge in [0.25, 0.3) is 0 Å². The molecule has 1 aromatic carbocycles. The van der Waals surface area contributed by atoms with Gasteiger partial charge in [0.2, 0.25) is 5.91 Å². The fraction of sp³-hybridized carbons (Fsp3) is 0.562. The zero-order chi connectivity index (χ0) is 14.8. The van der Waals surface area contributed by atoms with Crippen LogP contribution in [-0.4, -0.2) is 60.8 Å². The van der Waals surface area contributed by atoms with Gasteiger partial charge in [-0.15, -0.1) is 0 Å². The number of aryl methyl sites for hydroxylation is 1. The Balaban J connectivity index is 1.56. The van der Waals surface area contributed by atoms with E-state index < -0.39 is 0 Å². The number of anilines is 1. The largest absolute Gasteiger partial charge is 0.392 e. The molecule has 2 aliphatic heterocycles. The van der Waals surface area contributed by atoms with Gasteiger partial charge in [-0.2, -0.15) is 0 Å². The van der Waals surface area contributed by atoms with Crippen molar-refractivity contribution in [3.8, 4) is 0 Å². The van der Waals surface area contributed by atoms with E-state index in [1.807, 2.05) is 4.90 Å². The minimum absolute atomic E-state index is 0.135. The number of benzene rings is 1. The second-order valence-electron chi connectivity index (χ2n) is 6.00. The lowest BCUT2D eigenvalue weighted by atomic mass is 10.1. The zero-order valence-electron chi connectivity index (χ0n) is 12.5. The SMILES string of the molecule is Cc1cccc(N2CCN(C(=O)[C@@H]3C[C@@H](O)CN3)CC2)c1. The second kappa shape index (κ2) is 6.03. The highest BCUT2D eigenvalue weighted by molar-refractivity contribution is 5.82. The number of aliphatic hydroxyl groups excluding tert-OH is 1. The first-order valence-electron chi connectivity index (χ1n) is 7.65. The number of carbonyl (C=O) groups is 1. The molecule has 2 saturated heterocycles. The van der Waals surface area contributed by atoms with Crippen molar-refractivity contribution in [3.63, 3.8) is 0 Å². The van der Waals surface area contributed by atoms with E-state index in [0.29, 0.717) is 13.0 Å². The third-order valence-corrected chi connectivity index (χ3v) is 4.36. The fourth-order valence-corrected chi connectivity index (χ4v) is 3.14. The van der Waals surface area contributed by atoms with Crippen molar-refractivity contribution in [2.45, 2.75) is 25.5 Å². The summed E-state index contributed by atoms with van der Waals surface area (Å²) in [6.07, 6.45) is 0.157. The highest BCUT2D eigenvalue weighted by Gasteiger charge is 2.32. The second-order valence-corrected chi connectivity index (χ2v) is 6.00. The van der Waals surface area contributed by atoms with E-state index >= 15 is 0 Å². The molecule has 114 valence electrons. The van der Waals surface area contributed by atoms with Crippen molar-refractivity contribution in [1.82, 2.24) is 10.2 Å². The predicted octanol–water partition coefficient (Wildman–Crippen LogP) is 0.366. The van der Waals surface area contributed by atoms with Crippen molar-refractivity contribution < 1.29 is 9.90 Å². The lowest BCUT2D eigenvalue weighted by Gasteiger charge is -2.37. The molecule has 0 unspecified atom stereocenters. The van der Waals surface area contributed by atoms with Crippen LogP contribution in [0, 0.1) is 6.92 Å². The van der Waals surface area contributed by atoms with Crippen molar-refractivity contribution in [1.29, 1.82) is 0 Å². The topological polar surface area (TPSA) is 55.8 Å². The number of piperazine rings is 1. The summed E-state index contributed by atoms with van der Waals surface area (Å²) in [4.78, 5) is 16.6. The molecule has 21 heavy (non-hydrogen) atoms. The van der Waals surface area contributed by atoms with E-state index in [2.05, 4.69) is 41.4 Å². The third-order valence-electron chi connectivity index (χ3n) is 4.36. The molecular weight excluding hydrogens is 266 g/mol. The van der Waals surface area contributed by atoms with E-state index in [9.17, 15) is 9.90 Å². The standard InChI is InChI=1S/C16H23N3O2/c1-12-3-2-4-13(9-12)18-5-7-19(8-6-18)16(21)15-10-14(20)11-17-15/h2-4,9,14-15,17,20H,5-8,10-11H2,1H3/t14-,15+/m1/s1. The van der Waals surface area contributed by atoms with E-state index in [-0.39, 0.29) is 18.1 Å². The predicted molar refractivity (Wildman–Crippen MR) is 82.4 cm³/mol. The van der Waals surface area contributed by atoms with Gasteiger partial charge in [0.05, 0.1) is 12.1 Å². The van der Waals surface area contributed by atoms with E-state index in [1.165, 1.54) is 11.3 Å². The van der Waals surface area contributed by atoms with Gasteiger partial charge in [-0.1, -0.05) is 12.1 Å². The molecule has 2 heterocycles. The molecule has 0 bridgehead atoms. The Morgan fingerprint density at radius 2 is 2.05 bits per heavy atom. The lowest BCUT2D eigenvalue weighted by Crippen LogP contribution is -2.53. The molecule has 3 rings (SSSR count). The van der Waals surface area contributed by atoms with Crippen molar-refractivity contribution in [2.24, 2.45) is 0 Å². The van der Waals surface area contributed by atoms with Crippen molar-refractivity contribution in [3.05, 3.63) is 29.8 Å². The van der Waals surface area contributed by atoms with E-state index in [4.69, 9.17) is 0 Å². The first kappa shape index (κ1) is 14.4. The average Bonchev–Trinajstić information content (AvgIpc) is 2.93. The van der Waals surface area contributed by atoms with E-state index in [1.54, 1.807) is 0 Å². The van der Waals surface area contributed by atoms with Crippen LogP contribution in [0.25, 0.3) is 0 Å². The summed E-state index contributed by atoms with van der Waals surface area (Å²) in [7, 11) is 0. The number of nitrogens with zero attached hydrogens (tertiary/aromatic N) is 2. The van der Waals surface area contributed by atoms with Gasteiger partial charge < -0.3 is 20.2 Å². The maximum Gasteiger partial charge on any atom is 0.239 e. The van der Waals surface area contributed by atoms with Crippen LogP contribution in [0.4, 0.5) is 5.69 Å². The molecule has 1 aromatic rings. The number of β-amino-alcohol motifs (C(OH)–C–C–N with tert-alkyl or cyclic N) is 1. The lowest BCUT2D eigenvalue weighted by molar-refractivity contribution is -0.133. The number of hydrogen-bond donors (Lipinski definition) is 2. The van der Waals surface area contributed by atoms with Gasteiger partial charge in [0, 0.05) is 38.4 Å². The minimum atomic E-state index is -0.382. The van der Waals surface area contributed by atoms with Gasteiger partial charge in [-0.05, 0) is 31.0 Å². The molecule has 2 aliphatic rings. The Labute approximate surface area is 125 Å². The summed E-state index contributed by atoms with van der Waals surface area (Å²) in [5, 5.41) is 12.6. The molecule has 2 N–H and O–H groups in total. The Kier molecular flexibility index (Phi) is 4.12. The van der Waals surface area contributed by atoms with Crippen LogP contribution in [0.15, 0.2) is 24.3 Å². The van der Waals surface area contributed by atoms with Crippen LogP contribution in [-0.2, 0) is 4.79 Å². The first-order valence-corrected chi connectivity index (χ1v) is 7.65. The monoisotopic (exact) mass is 289 g/mol. The minimum Gasteiger partial charge on any atom is -0.392 e. The molecule has 2 fully saturated rings. The third kappa shape index (κ3) is 3.19. The summed E-state index contributed by atoms with van der Waals surface area (Å²) >= 11 is 0. The number of rotatable bonds is 2.